The first-order valence-electron chi connectivity index (χ1n) is 9.43. The van der Waals surface area contributed by atoms with Crippen LogP contribution in [0.15, 0.2) is 77.7 Å². The average Bonchev–Trinajstić information content (AvgIpc) is 3.05. The molecule has 1 N–H and O–H groups in total. The largest absolute Gasteiger partial charge is 0.487 e. The zero-order chi connectivity index (χ0) is 21.4. The molecule has 0 saturated heterocycles. The maximum absolute atomic E-state index is 12.6. The van der Waals surface area contributed by atoms with Gasteiger partial charge in [-0.3, -0.25) is 4.79 Å². The number of amides is 1. The molecule has 154 valence electrons. The smallest absolute Gasteiger partial charge is 0.265 e. The number of sulfonamides is 1. The van der Waals surface area contributed by atoms with Crippen LogP contribution in [0.2, 0.25) is 5.02 Å². The summed E-state index contributed by atoms with van der Waals surface area (Å²) in [6.45, 7) is 2.02. The van der Waals surface area contributed by atoms with Crippen molar-refractivity contribution in [3.8, 4) is 5.75 Å². The number of carbonyl (C=O) groups is 1. The molecule has 0 spiro atoms. The van der Waals surface area contributed by atoms with E-state index in [1.54, 1.807) is 36.4 Å². The lowest BCUT2D eigenvalue weighted by Crippen LogP contribution is -2.32. The number of hydrogen-bond acceptors (Lipinski definition) is 4. The molecule has 0 aromatic heterocycles. The molecule has 7 heteroatoms. The topological polar surface area (TPSA) is 72.5 Å². The molecule has 3 aromatic carbocycles. The van der Waals surface area contributed by atoms with Crippen molar-refractivity contribution in [1.29, 1.82) is 0 Å². The van der Waals surface area contributed by atoms with Gasteiger partial charge < -0.3 is 4.74 Å². The molecule has 5 nitrogen and oxygen atoms in total. The van der Waals surface area contributed by atoms with Crippen LogP contribution in [-0.2, 0) is 22.9 Å². The number of carbonyl (C=O) groups excluding carboxylic acids is 1. The molecular weight excluding hydrogens is 422 g/mol. The van der Waals surface area contributed by atoms with Crippen LogP contribution in [0.25, 0.3) is 0 Å². The molecule has 1 aliphatic rings. The van der Waals surface area contributed by atoms with Gasteiger partial charge in [0.15, 0.2) is 0 Å². The molecular formula is C23H20ClNO4S. The minimum absolute atomic E-state index is 0.0402. The zero-order valence-corrected chi connectivity index (χ0v) is 17.8. The third kappa shape index (κ3) is 4.35. The van der Waals surface area contributed by atoms with Crippen LogP contribution in [0.4, 0.5) is 0 Å². The highest BCUT2D eigenvalue weighted by molar-refractivity contribution is 7.90. The fraction of sp³-hybridized carbons (Fsp3) is 0.174. The van der Waals surface area contributed by atoms with Crippen LogP contribution in [0.5, 0.6) is 5.75 Å². The van der Waals surface area contributed by atoms with Crippen molar-refractivity contribution < 1.29 is 17.9 Å². The molecule has 0 bridgehead atoms. The van der Waals surface area contributed by atoms with Crippen LogP contribution in [-0.4, -0.2) is 19.9 Å². The summed E-state index contributed by atoms with van der Waals surface area (Å²) in [5.74, 6) is 0.0295. The minimum Gasteiger partial charge on any atom is -0.487 e. The van der Waals surface area contributed by atoms with Gasteiger partial charge in [-0.15, -0.1) is 0 Å². The van der Waals surface area contributed by atoms with Crippen molar-refractivity contribution >= 4 is 27.5 Å². The van der Waals surface area contributed by atoms with Crippen molar-refractivity contribution in [2.45, 2.75) is 30.3 Å². The lowest BCUT2D eigenvalue weighted by Gasteiger charge is -2.24. The van der Waals surface area contributed by atoms with Gasteiger partial charge in [-0.1, -0.05) is 41.9 Å². The number of halogens is 1. The number of nitrogens with one attached hydrogen (secondary N) is 1. The quantitative estimate of drug-likeness (QED) is 0.637. The van der Waals surface area contributed by atoms with E-state index in [0.29, 0.717) is 23.6 Å². The van der Waals surface area contributed by atoms with Gasteiger partial charge in [-0.25, -0.2) is 13.1 Å². The van der Waals surface area contributed by atoms with Crippen molar-refractivity contribution in [2.75, 3.05) is 0 Å². The van der Waals surface area contributed by atoms with Crippen molar-refractivity contribution in [1.82, 2.24) is 4.72 Å². The Morgan fingerprint density at radius 1 is 1.07 bits per heavy atom. The number of ether oxygens (including phenoxy) is 1. The van der Waals surface area contributed by atoms with Gasteiger partial charge in [0.1, 0.15) is 11.4 Å². The fourth-order valence-corrected chi connectivity index (χ4v) is 4.76. The first-order chi connectivity index (χ1) is 14.2. The maximum Gasteiger partial charge on any atom is 0.265 e. The molecule has 1 amide bonds. The molecule has 3 aromatic rings. The van der Waals surface area contributed by atoms with E-state index in [1.807, 2.05) is 31.2 Å². The number of rotatable bonds is 5. The summed E-state index contributed by atoms with van der Waals surface area (Å²) in [6, 6.07) is 20.4. The van der Waals surface area contributed by atoms with Crippen molar-refractivity contribution in [3.63, 3.8) is 0 Å². The molecule has 4 rings (SSSR count). The summed E-state index contributed by atoms with van der Waals surface area (Å²) in [5.41, 5.74) is 1.78. The van der Waals surface area contributed by atoms with E-state index >= 15 is 0 Å². The highest BCUT2D eigenvalue weighted by Crippen LogP contribution is 2.37. The van der Waals surface area contributed by atoms with Gasteiger partial charge in [-0.05, 0) is 60.5 Å². The fourth-order valence-electron chi connectivity index (χ4n) is 3.63. The van der Waals surface area contributed by atoms with Gasteiger partial charge in [-0.2, -0.15) is 0 Å². The van der Waals surface area contributed by atoms with Crippen LogP contribution in [0.1, 0.15) is 28.4 Å². The second-order valence-electron chi connectivity index (χ2n) is 7.60. The summed E-state index contributed by atoms with van der Waals surface area (Å²) >= 11 is 5.96. The molecule has 0 fully saturated rings. The monoisotopic (exact) mass is 441 g/mol. The SMILES string of the molecule is C[C@@]1(Cc2ccc(Cl)cc2)Cc2cc(C(=O)NS(=O)(=O)c3ccccc3)ccc2O1. The Kier molecular flexibility index (Phi) is 5.30. The Morgan fingerprint density at radius 3 is 2.47 bits per heavy atom. The van der Waals surface area contributed by atoms with E-state index in [2.05, 4.69) is 4.72 Å². The lowest BCUT2D eigenvalue weighted by molar-refractivity contribution is 0.0981. The first-order valence-corrected chi connectivity index (χ1v) is 11.3. The first kappa shape index (κ1) is 20.4. The summed E-state index contributed by atoms with van der Waals surface area (Å²) in [4.78, 5) is 12.6. The second kappa shape index (κ2) is 7.78. The van der Waals surface area contributed by atoms with Crippen LogP contribution in [0, 0.1) is 0 Å². The molecule has 1 atom stereocenters. The molecule has 0 saturated carbocycles. The van der Waals surface area contributed by atoms with E-state index in [4.69, 9.17) is 16.3 Å². The predicted molar refractivity (Wildman–Crippen MR) is 115 cm³/mol. The Morgan fingerprint density at radius 2 is 1.77 bits per heavy atom. The normalized spacial score (nSPS) is 17.8. The summed E-state index contributed by atoms with van der Waals surface area (Å²) < 4.78 is 33.1. The van der Waals surface area contributed by atoms with E-state index in [-0.39, 0.29) is 10.5 Å². The Labute approximate surface area is 180 Å². The summed E-state index contributed by atoms with van der Waals surface area (Å²) in [7, 11) is -3.93. The van der Waals surface area contributed by atoms with E-state index in [0.717, 1.165) is 11.1 Å². The number of benzene rings is 3. The number of fused-ring (bicyclic) bond motifs is 1. The van der Waals surface area contributed by atoms with Crippen LogP contribution < -0.4 is 9.46 Å². The van der Waals surface area contributed by atoms with E-state index < -0.39 is 21.5 Å². The van der Waals surface area contributed by atoms with Gasteiger partial charge >= 0.3 is 0 Å². The Bertz CT molecular complexity index is 1190. The number of hydrogen-bond donors (Lipinski definition) is 1. The van der Waals surface area contributed by atoms with Gasteiger partial charge in [0.2, 0.25) is 0 Å². The van der Waals surface area contributed by atoms with Crippen molar-refractivity contribution in [2.24, 2.45) is 0 Å². The molecule has 0 aliphatic carbocycles. The average molecular weight is 442 g/mol. The second-order valence-corrected chi connectivity index (χ2v) is 9.72. The molecule has 0 unspecified atom stereocenters. The molecule has 30 heavy (non-hydrogen) atoms. The molecule has 1 aliphatic heterocycles. The van der Waals surface area contributed by atoms with Crippen LogP contribution >= 0.6 is 11.6 Å². The van der Waals surface area contributed by atoms with Crippen LogP contribution in [0.3, 0.4) is 0 Å². The zero-order valence-electron chi connectivity index (χ0n) is 16.3. The molecule has 1 heterocycles. The van der Waals surface area contributed by atoms with E-state index in [9.17, 15) is 13.2 Å². The Balaban J connectivity index is 1.50. The van der Waals surface area contributed by atoms with Gasteiger partial charge in [0, 0.05) is 23.4 Å². The maximum atomic E-state index is 12.6. The third-order valence-electron chi connectivity index (χ3n) is 5.02. The standard InChI is InChI=1S/C23H20ClNO4S/c1-23(14-16-7-10-19(24)11-8-16)15-18-13-17(9-12-21(18)29-23)22(26)25-30(27,28)20-5-3-2-4-6-20/h2-13H,14-15H2,1H3,(H,25,26)/t23-/m1/s1. The minimum atomic E-state index is -3.93. The third-order valence-corrected chi connectivity index (χ3v) is 6.61. The Hall–Kier alpha value is -2.83. The lowest BCUT2D eigenvalue weighted by atomic mass is 9.91. The summed E-state index contributed by atoms with van der Waals surface area (Å²) in [6.07, 6.45) is 1.29. The van der Waals surface area contributed by atoms with E-state index in [1.165, 1.54) is 12.1 Å². The van der Waals surface area contributed by atoms with Gasteiger partial charge in [0.05, 0.1) is 4.90 Å². The van der Waals surface area contributed by atoms with Gasteiger partial charge in [0.25, 0.3) is 15.9 Å². The highest BCUT2D eigenvalue weighted by Gasteiger charge is 2.35. The predicted octanol–water partition coefficient (Wildman–Crippen LogP) is 4.40. The summed E-state index contributed by atoms with van der Waals surface area (Å²) in [5, 5.41) is 0.681. The highest BCUT2D eigenvalue weighted by atomic mass is 35.5. The molecule has 0 radical (unpaired) electrons. The van der Waals surface area contributed by atoms with Crippen molar-refractivity contribution in [3.05, 3.63) is 94.5 Å².